The van der Waals surface area contributed by atoms with Gasteiger partial charge in [-0.2, -0.15) is 0 Å². The van der Waals surface area contributed by atoms with E-state index in [0.717, 1.165) is 24.1 Å². The van der Waals surface area contributed by atoms with Gasteiger partial charge in [-0.05, 0) is 29.7 Å². The Bertz CT molecular complexity index is 1010. The Labute approximate surface area is 154 Å². The fourth-order valence-electron chi connectivity index (χ4n) is 3.24. The highest BCUT2D eigenvalue weighted by atomic mass is 16.5. The van der Waals surface area contributed by atoms with Crippen LogP contribution in [0.4, 0.5) is 16.3 Å². The fourth-order valence-corrected chi connectivity index (χ4v) is 3.24. The molecule has 0 aliphatic carbocycles. The lowest BCUT2D eigenvalue weighted by Gasteiger charge is -2.25. The van der Waals surface area contributed by atoms with Crippen molar-refractivity contribution in [3.63, 3.8) is 0 Å². The van der Waals surface area contributed by atoms with Gasteiger partial charge in [-0.25, -0.2) is 4.79 Å². The first-order valence-electron chi connectivity index (χ1n) is 8.53. The van der Waals surface area contributed by atoms with Gasteiger partial charge in [0.05, 0.1) is 18.2 Å². The van der Waals surface area contributed by atoms with Crippen molar-refractivity contribution in [2.24, 2.45) is 0 Å². The Morgan fingerprint density at radius 1 is 1.19 bits per heavy atom. The standard InChI is InChI=1S/C19H18N4O4/c1-26-19(25)21-14-8-4-7-13-16(14)27-23-17(13)22-18(24)15-12-6-3-2-5-11(12)9-10-20-15/h2-8,15,20H,9-10H2,1H3,(H,21,25)(H,22,23,24)/t15-/m0/s1. The Morgan fingerprint density at radius 2 is 2.04 bits per heavy atom. The third-order valence-electron chi connectivity index (χ3n) is 4.53. The van der Waals surface area contributed by atoms with Crippen LogP contribution in [0.5, 0.6) is 0 Å². The SMILES string of the molecule is COC(=O)Nc1cccc2c(NC(=O)[C@H]3NCCc4ccccc43)noc12. The molecular weight excluding hydrogens is 348 g/mol. The van der Waals surface area contributed by atoms with Crippen LogP contribution in [-0.2, 0) is 16.0 Å². The summed E-state index contributed by atoms with van der Waals surface area (Å²) in [4.78, 5) is 24.3. The molecule has 0 unspecified atom stereocenters. The summed E-state index contributed by atoms with van der Waals surface area (Å²) in [6, 6.07) is 12.6. The van der Waals surface area contributed by atoms with Crippen molar-refractivity contribution in [3.05, 3.63) is 53.6 Å². The number of hydrogen-bond donors (Lipinski definition) is 3. The number of para-hydroxylation sites is 1. The number of fused-ring (bicyclic) bond motifs is 2. The maximum atomic E-state index is 12.8. The van der Waals surface area contributed by atoms with Gasteiger partial charge in [0.1, 0.15) is 6.04 Å². The number of anilines is 2. The summed E-state index contributed by atoms with van der Waals surface area (Å²) in [5.74, 6) is 0.0806. The lowest BCUT2D eigenvalue weighted by molar-refractivity contribution is -0.118. The van der Waals surface area contributed by atoms with Crippen molar-refractivity contribution in [1.29, 1.82) is 0 Å². The van der Waals surface area contributed by atoms with E-state index in [-0.39, 0.29) is 5.91 Å². The van der Waals surface area contributed by atoms with Crippen molar-refractivity contribution in [1.82, 2.24) is 10.5 Å². The van der Waals surface area contributed by atoms with Gasteiger partial charge in [0, 0.05) is 6.54 Å². The molecule has 3 aromatic rings. The first kappa shape index (κ1) is 17.0. The number of ether oxygens (including phenoxy) is 1. The van der Waals surface area contributed by atoms with Crippen molar-refractivity contribution in [3.8, 4) is 0 Å². The maximum absolute atomic E-state index is 12.8. The topological polar surface area (TPSA) is 105 Å². The minimum absolute atomic E-state index is 0.219. The Kier molecular flexibility index (Phi) is 4.47. The second kappa shape index (κ2) is 7.08. The minimum Gasteiger partial charge on any atom is -0.453 e. The molecule has 0 saturated heterocycles. The van der Waals surface area contributed by atoms with Crippen LogP contribution in [0, 0.1) is 0 Å². The van der Waals surface area contributed by atoms with Crippen molar-refractivity contribution in [2.75, 3.05) is 24.3 Å². The molecular formula is C19H18N4O4. The zero-order chi connectivity index (χ0) is 18.8. The van der Waals surface area contributed by atoms with Gasteiger partial charge >= 0.3 is 6.09 Å². The van der Waals surface area contributed by atoms with E-state index in [1.54, 1.807) is 18.2 Å². The van der Waals surface area contributed by atoms with Crippen LogP contribution in [-0.4, -0.2) is 30.8 Å². The number of nitrogens with zero attached hydrogens (tertiary/aromatic N) is 1. The molecule has 27 heavy (non-hydrogen) atoms. The van der Waals surface area contributed by atoms with Gasteiger partial charge in [0.15, 0.2) is 11.4 Å². The molecule has 0 radical (unpaired) electrons. The lowest BCUT2D eigenvalue weighted by atomic mass is 9.94. The van der Waals surface area contributed by atoms with E-state index in [0.29, 0.717) is 22.5 Å². The summed E-state index contributed by atoms with van der Waals surface area (Å²) in [6.45, 7) is 0.724. The number of aromatic nitrogens is 1. The summed E-state index contributed by atoms with van der Waals surface area (Å²) in [5, 5.41) is 13.2. The molecule has 0 bridgehead atoms. The Morgan fingerprint density at radius 3 is 2.89 bits per heavy atom. The third kappa shape index (κ3) is 3.22. The van der Waals surface area contributed by atoms with E-state index >= 15 is 0 Å². The number of hydrogen-bond acceptors (Lipinski definition) is 6. The average Bonchev–Trinajstić information content (AvgIpc) is 3.11. The molecule has 1 aromatic heterocycles. The van der Waals surface area contributed by atoms with Gasteiger partial charge in [-0.1, -0.05) is 35.5 Å². The molecule has 2 heterocycles. The Balaban J connectivity index is 1.60. The monoisotopic (exact) mass is 366 g/mol. The van der Waals surface area contributed by atoms with Crippen LogP contribution in [0.2, 0.25) is 0 Å². The quantitative estimate of drug-likeness (QED) is 0.658. The lowest BCUT2D eigenvalue weighted by Crippen LogP contribution is -2.38. The number of benzene rings is 2. The van der Waals surface area contributed by atoms with Gasteiger partial charge in [0.2, 0.25) is 5.91 Å². The molecule has 4 rings (SSSR count). The molecule has 2 aromatic carbocycles. The third-order valence-corrected chi connectivity index (χ3v) is 4.53. The normalized spacial score (nSPS) is 15.8. The first-order valence-corrected chi connectivity index (χ1v) is 8.53. The van der Waals surface area contributed by atoms with E-state index < -0.39 is 12.1 Å². The molecule has 0 spiro atoms. The number of rotatable bonds is 3. The predicted molar refractivity (Wildman–Crippen MR) is 99.6 cm³/mol. The van der Waals surface area contributed by atoms with Gasteiger partial charge in [-0.15, -0.1) is 0 Å². The summed E-state index contributed by atoms with van der Waals surface area (Å²) in [7, 11) is 1.27. The molecule has 1 atom stereocenters. The van der Waals surface area contributed by atoms with Crippen LogP contribution >= 0.6 is 0 Å². The number of nitrogens with one attached hydrogen (secondary N) is 3. The molecule has 1 aliphatic heterocycles. The van der Waals surface area contributed by atoms with Crippen LogP contribution in [0.15, 0.2) is 47.0 Å². The van der Waals surface area contributed by atoms with Gasteiger partial charge < -0.3 is 19.9 Å². The highest BCUT2D eigenvalue weighted by Crippen LogP contribution is 2.30. The average molecular weight is 366 g/mol. The van der Waals surface area contributed by atoms with Gasteiger partial charge in [-0.3, -0.25) is 10.1 Å². The summed E-state index contributed by atoms with van der Waals surface area (Å²) in [6.07, 6.45) is 0.266. The van der Waals surface area contributed by atoms with E-state index in [4.69, 9.17) is 4.52 Å². The van der Waals surface area contributed by atoms with Crippen LogP contribution in [0.3, 0.4) is 0 Å². The van der Waals surface area contributed by atoms with Crippen molar-refractivity contribution >= 4 is 34.5 Å². The zero-order valence-electron chi connectivity index (χ0n) is 14.6. The minimum atomic E-state index is -0.618. The molecule has 2 amide bonds. The highest BCUT2D eigenvalue weighted by Gasteiger charge is 2.27. The van der Waals surface area contributed by atoms with E-state index in [2.05, 4.69) is 25.8 Å². The molecule has 0 fully saturated rings. The number of methoxy groups -OCH3 is 1. The Hall–Kier alpha value is -3.39. The van der Waals surface area contributed by atoms with E-state index in [9.17, 15) is 9.59 Å². The summed E-state index contributed by atoms with van der Waals surface area (Å²) < 4.78 is 9.92. The summed E-state index contributed by atoms with van der Waals surface area (Å²) in [5.41, 5.74) is 2.89. The molecule has 8 heteroatoms. The second-order valence-electron chi connectivity index (χ2n) is 6.16. The number of carbonyl (C=O) groups excluding carboxylic acids is 2. The maximum Gasteiger partial charge on any atom is 0.411 e. The second-order valence-corrected chi connectivity index (χ2v) is 6.16. The number of carbonyl (C=O) groups is 2. The summed E-state index contributed by atoms with van der Waals surface area (Å²) >= 11 is 0. The van der Waals surface area contributed by atoms with Crippen molar-refractivity contribution in [2.45, 2.75) is 12.5 Å². The smallest absolute Gasteiger partial charge is 0.411 e. The molecule has 1 aliphatic rings. The highest BCUT2D eigenvalue weighted by molar-refractivity contribution is 6.05. The molecule has 0 saturated carbocycles. The van der Waals surface area contributed by atoms with Crippen LogP contribution < -0.4 is 16.0 Å². The predicted octanol–water partition coefficient (Wildman–Crippen LogP) is 2.83. The van der Waals surface area contributed by atoms with E-state index in [1.165, 1.54) is 7.11 Å². The fraction of sp³-hybridized carbons (Fsp3) is 0.211. The molecule has 138 valence electrons. The zero-order valence-corrected chi connectivity index (χ0v) is 14.6. The molecule has 3 N–H and O–H groups in total. The molecule has 8 nitrogen and oxygen atoms in total. The van der Waals surface area contributed by atoms with Crippen LogP contribution in [0.1, 0.15) is 17.2 Å². The van der Waals surface area contributed by atoms with Crippen LogP contribution in [0.25, 0.3) is 11.0 Å². The number of amides is 2. The van der Waals surface area contributed by atoms with Crippen molar-refractivity contribution < 1.29 is 18.8 Å². The van der Waals surface area contributed by atoms with E-state index in [1.807, 2.05) is 24.3 Å². The first-order chi connectivity index (χ1) is 13.2. The van der Waals surface area contributed by atoms with Gasteiger partial charge in [0.25, 0.3) is 0 Å². The largest absolute Gasteiger partial charge is 0.453 e.